The fourth-order valence-electron chi connectivity index (χ4n) is 3.15. The van der Waals surface area contributed by atoms with Gasteiger partial charge in [0.1, 0.15) is 5.82 Å². The topological polar surface area (TPSA) is 49.4 Å². The van der Waals surface area contributed by atoms with Crippen LogP contribution in [-0.2, 0) is 0 Å². The minimum atomic E-state index is -1.37. The van der Waals surface area contributed by atoms with Crippen LogP contribution in [0.1, 0.15) is 33.6 Å². The summed E-state index contributed by atoms with van der Waals surface area (Å²) in [5.74, 6) is -4.84. The van der Waals surface area contributed by atoms with E-state index >= 15 is 0 Å². The highest BCUT2D eigenvalue weighted by molar-refractivity contribution is 6.05. The van der Waals surface area contributed by atoms with Gasteiger partial charge in [0.15, 0.2) is 17.4 Å². The number of anilines is 1. The first-order chi connectivity index (χ1) is 12.8. The smallest absolute Gasteiger partial charge is 0.258 e. The molecule has 1 amide bonds. The molecule has 0 aromatic heterocycles. The molecular weight excluding hydrogens is 357 g/mol. The number of amides is 1. The van der Waals surface area contributed by atoms with Gasteiger partial charge < -0.3 is 10.2 Å². The predicted octanol–water partition coefficient (Wildman–Crippen LogP) is 3.88. The number of benzene rings is 2. The van der Waals surface area contributed by atoms with E-state index < -0.39 is 28.9 Å². The molecule has 1 aliphatic heterocycles. The van der Waals surface area contributed by atoms with Crippen molar-refractivity contribution < 1.29 is 22.8 Å². The van der Waals surface area contributed by atoms with Crippen LogP contribution in [0, 0.1) is 23.4 Å². The van der Waals surface area contributed by atoms with Crippen LogP contribution < -0.4 is 5.32 Å². The number of hydrogen-bond donors (Lipinski definition) is 1. The number of rotatable bonds is 4. The lowest BCUT2D eigenvalue weighted by Gasteiger charge is -2.28. The number of likely N-dealkylation sites (tertiary alicyclic amines) is 1. The molecule has 2 aromatic carbocycles. The van der Waals surface area contributed by atoms with Crippen molar-refractivity contribution in [3.05, 3.63) is 65.0 Å². The van der Waals surface area contributed by atoms with Crippen LogP contribution in [0.5, 0.6) is 0 Å². The molecule has 0 unspecified atom stereocenters. The van der Waals surface area contributed by atoms with Crippen LogP contribution in [0.3, 0.4) is 0 Å². The second kappa shape index (κ2) is 7.92. The summed E-state index contributed by atoms with van der Waals surface area (Å²) in [5, 5.41) is 2.42. The molecule has 0 aliphatic carbocycles. The van der Waals surface area contributed by atoms with Gasteiger partial charge in [-0.15, -0.1) is 0 Å². The third-order valence-corrected chi connectivity index (χ3v) is 4.75. The Balaban J connectivity index is 1.75. The SMILES string of the molecule is CN1CCC(C(=O)c2cccc(NC(=O)c3cc(F)c(F)cc3F)c2)CC1. The van der Waals surface area contributed by atoms with Crippen molar-refractivity contribution >= 4 is 17.4 Å². The van der Waals surface area contributed by atoms with Crippen LogP contribution in [0.4, 0.5) is 18.9 Å². The van der Waals surface area contributed by atoms with Gasteiger partial charge in [-0.3, -0.25) is 9.59 Å². The Morgan fingerprint density at radius 2 is 1.67 bits per heavy atom. The first-order valence-electron chi connectivity index (χ1n) is 8.64. The number of carbonyl (C=O) groups excluding carboxylic acids is 2. The largest absolute Gasteiger partial charge is 0.322 e. The maximum absolute atomic E-state index is 13.7. The first-order valence-corrected chi connectivity index (χ1v) is 8.64. The Hall–Kier alpha value is -2.67. The Kier molecular flexibility index (Phi) is 5.60. The molecule has 7 heteroatoms. The summed E-state index contributed by atoms with van der Waals surface area (Å²) in [7, 11) is 2.01. The Morgan fingerprint density at radius 3 is 2.37 bits per heavy atom. The number of Topliss-reactive ketones (excluding diaryl/α,β-unsaturated/α-hetero) is 1. The summed E-state index contributed by atoms with van der Waals surface area (Å²) in [4.78, 5) is 27.0. The lowest BCUT2D eigenvalue weighted by Crippen LogP contribution is -2.33. The van der Waals surface area contributed by atoms with Crippen molar-refractivity contribution in [2.24, 2.45) is 5.92 Å². The van der Waals surface area contributed by atoms with E-state index in [4.69, 9.17) is 0 Å². The summed E-state index contributed by atoms with van der Waals surface area (Å²) in [6.07, 6.45) is 1.54. The average Bonchev–Trinajstić information content (AvgIpc) is 2.65. The number of carbonyl (C=O) groups is 2. The Bertz CT molecular complexity index is 878. The summed E-state index contributed by atoms with van der Waals surface area (Å²) < 4.78 is 40.0. The first kappa shape index (κ1) is 19.1. The Morgan fingerprint density at radius 1 is 1.00 bits per heavy atom. The quantitative estimate of drug-likeness (QED) is 0.651. The molecule has 2 aromatic rings. The second-order valence-corrected chi connectivity index (χ2v) is 6.72. The van der Waals surface area contributed by atoms with Crippen molar-refractivity contribution in [2.75, 3.05) is 25.5 Å². The van der Waals surface area contributed by atoms with Crippen molar-refractivity contribution in [3.8, 4) is 0 Å². The van der Waals surface area contributed by atoms with Gasteiger partial charge in [0.2, 0.25) is 0 Å². The monoisotopic (exact) mass is 376 g/mol. The highest BCUT2D eigenvalue weighted by Gasteiger charge is 2.24. The van der Waals surface area contributed by atoms with E-state index in [2.05, 4.69) is 10.2 Å². The molecule has 1 saturated heterocycles. The number of nitrogens with zero attached hydrogens (tertiary/aromatic N) is 1. The molecule has 3 rings (SSSR count). The molecule has 0 spiro atoms. The van der Waals surface area contributed by atoms with Gasteiger partial charge in [-0.2, -0.15) is 0 Å². The van der Waals surface area contributed by atoms with Gasteiger partial charge >= 0.3 is 0 Å². The van der Waals surface area contributed by atoms with E-state index in [9.17, 15) is 22.8 Å². The average molecular weight is 376 g/mol. The highest BCUT2D eigenvalue weighted by Crippen LogP contribution is 2.23. The number of halogens is 3. The zero-order valence-electron chi connectivity index (χ0n) is 14.8. The maximum Gasteiger partial charge on any atom is 0.258 e. The van der Waals surface area contributed by atoms with Crippen LogP contribution in [0.2, 0.25) is 0 Å². The molecule has 0 radical (unpaired) electrons. The molecule has 4 nitrogen and oxygen atoms in total. The minimum Gasteiger partial charge on any atom is -0.322 e. The van der Waals surface area contributed by atoms with E-state index in [1.54, 1.807) is 18.2 Å². The van der Waals surface area contributed by atoms with Gasteiger partial charge in [0, 0.05) is 23.2 Å². The summed E-state index contributed by atoms with van der Waals surface area (Å²) >= 11 is 0. The van der Waals surface area contributed by atoms with E-state index in [0.29, 0.717) is 17.7 Å². The summed E-state index contributed by atoms with van der Waals surface area (Å²) in [5.41, 5.74) is 0.122. The van der Waals surface area contributed by atoms with Crippen LogP contribution in [-0.4, -0.2) is 36.7 Å². The molecule has 0 saturated carbocycles. The van der Waals surface area contributed by atoms with Gasteiger partial charge in [0.25, 0.3) is 5.91 Å². The van der Waals surface area contributed by atoms with Gasteiger partial charge in [-0.1, -0.05) is 12.1 Å². The molecule has 0 bridgehead atoms. The van der Waals surface area contributed by atoms with E-state index in [-0.39, 0.29) is 17.4 Å². The maximum atomic E-state index is 13.7. The molecular formula is C20H19F3N2O2. The van der Waals surface area contributed by atoms with Crippen molar-refractivity contribution in [3.63, 3.8) is 0 Å². The molecule has 1 aliphatic rings. The fraction of sp³-hybridized carbons (Fsp3) is 0.300. The minimum absolute atomic E-state index is 0.00166. The zero-order chi connectivity index (χ0) is 19.6. The lowest BCUT2D eigenvalue weighted by molar-refractivity contribution is 0.0856. The molecule has 142 valence electrons. The summed E-state index contributed by atoms with van der Waals surface area (Å²) in [6, 6.07) is 7.16. The van der Waals surface area contributed by atoms with Crippen LogP contribution >= 0.6 is 0 Å². The standard InChI is InChI=1S/C20H19F3N2O2/c1-25-7-5-12(6-8-25)19(26)13-3-2-4-14(9-13)24-20(27)15-10-17(22)18(23)11-16(15)21/h2-4,9-12H,5-8H2,1H3,(H,24,27). The zero-order valence-corrected chi connectivity index (χ0v) is 14.8. The van der Waals surface area contributed by atoms with Crippen molar-refractivity contribution in [1.29, 1.82) is 0 Å². The molecule has 1 heterocycles. The number of ketones is 1. The number of nitrogens with one attached hydrogen (secondary N) is 1. The van der Waals surface area contributed by atoms with Gasteiger partial charge in [-0.25, -0.2) is 13.2 Å². The highest BCUT2D eigenvalue weighted by atomic mass is 19.2. The summed E-state index contributed by atoms with van der Waals surface area (Å²) in [6.45, 7) is 1.70. The molecule has 1 N–H and O–H groups in total. The normalized spacial score (nSPS) is 15.6. The predicted molar refractivity (Wildman–Crippen MR) is 95.3 cm³/mol. The van der Waals surface area contributed by atoms with Crippen molar-refractivity contribution in [2.45, 2.75) is 12.8 Å². The third-order valence-electron chi connectivity index (χ3n) is 4.75. The number of hydrogen-bond acceptors (Lipinski definition) is 3. The van der Waals surface area contributed by atoms with E-state index in [1.807, 2.05) is 7.05 Å². The van der Waals surface area contributed by atoms with E-state index in [1.165, 1.54) is 6.07 Å². The van der Waals surface area contributed by atoms with Crippen molar-refractivity contribution in [1.82, 2.24) is 4.90 Å². The lowest BCUT2D eigenvalue weighted by atomic mass is 9.89. The second-order valence-electron chi connectivity index (χ2n) is 6.72. The van der Waals surface area contributed by atoms with Crippen LogP contribution in [0.15, 0.2) is 36.4 Å². The molecule has 27 heavy (non-hydrogen) atoms. The molecule has 1 fully saturated rings. The number of piperidine rings is 1. The van der Waals surface area contributed by atoms with E-state index in [0.717, 1.165) is 25.9 Å². The third kappa shape index (κ3) is 4.36. The van der Waals surface area contributed by atoms with Gasteiger partial charge in [-0.05, 0) is 51.2 Å². The Labute approximate surface area is 155 Å². The van der Waals surface area contributed by atoms with Crippen LogP contribution in [0.25, 0.3) is 0 Å². The molecule has 0 atom stereocenters. The van der Waals surface area contributed by atoms with Gasteiger partial charge in [0.05, 0.1) is 5.56 Å². The fourth-order valence-corrected chi connectivity index (χ4v) is 3.15.